The summed E-state index contributed by atoms with van der Waals surface area (Å²) in [6.07, 6.45) is -3.79. The van der Waals surface area contributed by atoms with Gasteiger partial charge in [0.2, 0.25) is 5.91 Å². The summed E-state index contributed by atoms with van der Waals surface area (Å²) < 4.78 is 37.4. The maximum absolute atomic E-state index is 12.5. The molecule has 18 heavy (non-hydrogen) atoms. The molecular formula is C11H16F3NO3. The second-order valence-electron chi connectivity index (χ2n) is 4.62. The fourth-order valence-electron chi connectivity index (χ4n) is 2.17. The Hall–Kier alpha value is -1.27. The van der Waals surface area contributed by atoms with E-state index in [0.29, 0.717) is 12.8 Å². The monoisotopic (exact) mass is 267 g/mol. The molecule has 1 rings (SSSR count). The summed E-state index contributed by atoms with van der Waals surface area (Å²) in [5, 5.41) is 8.95. The molecule has 1 saturated heterocycles. The average Bonchev–Trinajstić information content (AvgIpc) is 2.25. The van der Waals surface area contributed by atoms with Crippen molar-refractivity contribution in [2.45, 2.75) is 38.9 Å². The first-order valence-corrected chi connectivity index (χ1v) is 5.76. The topological polar surface area (TPSA) is 57.6 Å². The highest BCUT2D eigenvalue weighted by Gasteiger charge is 2.46. The quantitative estimate of drug-likeness (QED) is 0.831. The number of alkyl halides is 3. The molecule has 4 nitrogen and oxygen atoms in total. The van der Waals surface area contributed by atoms with E-state index in [1.165, 1.54) is 6.92 Å². The molecule has 7 heteroatoms. The summed E-state index contributed by atoms with van der Waals surface area (Å²) in [4.78, 5) is 23.7. The van der Waals surface area contributed by atoms with Crippen LogP contribution in [0.1, 0.15) is 26.7 Å². The highest BCUT2D eigenvalue weighted by atomic mass is 19.4. The predicted molar refractivity (Wildman–Crippen MR) is 56.8 cm³/mol. The third kappa shape index (κ3) is 2.94. The van der Waals surface area contributed by atoms with Gasteiger partial charge in [0, 0.05) is 12.6 Å². The van der Waals surface area contributed by atoms with Crippen molar-refractivity contribution in [2.24, 2.45) is 11.8 Å². The average molecular weight is 267 g/mol. The van der Waals surface area contributed by atoms with Crippen LogP contribution in [0.25, 0.3) is 0 Å². The number of hydrogen-bond donors (Lipinski definition) is 1. The molecular weight excluding hydrogens is 251 g/mol. The third-order valence-electron chi connectivity index (χ3n) is 3.45. The summed E-state index contributed by atoms with van der Waals surface area (Å²) in [5.41, 5.74) is 0. The molecule has 0 aromatic rings. The van der Waals surface area contributed by atoms with Crippen molar-refractivity contribution in [3.05, 3.63) is 0 Å². The minimum absolute atomic E-state index is 0.185. The van der Waals surface area contributed by atoms with E-state index in [-0.39, 0.29) is 6.54 Å². The standard InChI is InChI=1S/C11H16F3NO3/c1-6(11(12,13)14)9(16)15-5-3-4-8(7(15)2)10(17)18/h6-8H,3-5H2,1-2H3,(H,17,18)/t6?,7-,8-/m0/s1. The number of likely N-dealkylation sites (tertiary alicyclic amines) is 1. The van der Waals surface area contributed by atoms with E-state index < -0.39 is 35.9 Å². The zero-order chi connectivity index (χ0) is 14.1. The molecule has 0 bridgehead atoms. The first kappa shape index (κ1) is 14.8. The van der Waals surface area contributed by atoms with E-state index in [4.69, 9.17) is 5.11 Å². The Morgan fingerprint density at radius 1 is 1.39 bits per heavy atom. The van der Waals surface area contributed by atoms with Crippen LogP contribution >= 0.6 is 0 Å². The first-order valence-electron chi connectivity index (χ1n) is 5.76. The van der Waals surface area contributed by atoms with E-state index in [9.17, 15) is 22.8 Å². The largest absolute Gasteiger partial charge is 0.481 e. The van der Waals surface area contributed by atoms with Gasteiger partial charge in [-0.2, -0.15) is 13.2 Å². The Labute approximate surface area is 103 Å². The van der Waals surface area contributed by atoms with Crippen LogP contribution in [0.3, 0.4) is 0 Å². The van der Waals surface area contributed by atoms with Crippen LogP contribution in [0.4, 0.5) is 13.2 Å². The molecule has 0 radical (unpaired) electrons. The van der Waals surface area contributed by atoms with E-state index in [0.717, 1.165) is 11.8 Å². The molecule has 1 heterocycles. The highest BCUT2D eigenvalue weighted by Crippen LogP contribution is 2.31. The molecule has 0 aromatic carbocycles. The van der Waals surface area contributed by atoms with Crippen molar-refractivity contribution in [1.29, 1.82) is 0 Å². The van der Waals surface area contributed by atoms with Crippen LogP contribution in [0, 0.1) is 11.8 Å². The molecule has 1 fully saturated rings. The van der Waals surface area contributed by atoms with Crippen molar-refractivity contribution in [1.82, 2.24) is 4.90 Å². The Morgan fingerprint density at radius 3 is 2.39 bits per heavy atom. The van der Waals surface area contributed by atoms with Gasteiger partial charge in [0.15, 0.2) is 0 Å². The maximum Gasteiger partial charge on any atom is 0.400 e. The molecule has 3 atom stereocenters. The van der Waals surface area contributed by atoms with E-state index >= 15 is 0 Å². The lowest BCUT2D eigenvalue weighted by molar-refractivity contribution is -0.188. The molecule has 1 aliphatic heterocycles. The van der Waals surface area contributed by atoms with Gasteiger partial charge in [-0.1, -0.05) is 0 Å². The lowest BCUT2D eigenvalue weighted by Gasteiger charge is -2.39. The smallest absolute Gasteiger partial charge is 0.400 e. The van der Waals surface area contributed by atoms with Gasteiger partial charge in [0.25, 0.3) is 0 Å². The zero-order valence-electron chi connectivity index (χ0n) is 10.2. The number of carboxylic acid groups (broad SMARTS) is 1. The SMILES string of the molecule is CC(C(=O)N1CCC[C@H](C(=O)O)[C@@H]1C)C(F)(F)F. The van der Waals surface area contributed by atoms with E-state index in [1.54, 1.807) is 0 Å². The molecule has 1 amide bonds. The summed E-state index contributed by atoms with van der Waals surface area (Å²) >= 11 is 0. The Bertz CT molecular complexity index is 343. The van der Waals surface area contributed by atoms with Gasteiger partial charge in [-0.15, -0.1) is 0 Å². The third-order valence-corrected chi connectivity index (χ3v) is 3.45. The Balaban J connectivity index is 2.83. The van der Waals surface area contributed by atoms with Gasteiger partial charge in [-0.3, -0.25) is 9.59 Å². The summed E-state index contributed by atoms with van der Waals surface area (Å²) in [6, 6.07) is -0.700. The van der Waals surface area contributed by atoms with Crippen LogP contribution < -0.4 is 0 Å². The summed E-state index contributed by atoms with van der Waals surface area (Å²) in [5.74, 6) is -4.99. The van der Waals surface area contributed by atoms with Gasteiger partial charge in [-0.05, 0) is 26.7 Å². The van der Waals surface area contributed by atoms with Crippen molar-refractivity contribution < 1.29 is 27.9 Å². The van der Waals surface area contributed by atoms with Crippen LogP contribution in [-0.2, 0) is 9.59 Å². The van der Waals surface area contributed by atoms with Crippen LogP contribution in [0.15, 0.2) is 0 Å². The zero-order valence-corrected chi connectivity index (χ0v) is 10.2. The molecule has 1 N–H and O–H groups in total. The number of aliphatic carboxylic acids is 1. The minimum Gasteiger partial charge on any atom is -0.481 e. The van der Waals surface area contributed by atoms with Crippen LogP contribution in [0.5, 0.6) is 0 Å². The van der Waals surface area contributed by atoms with E-state index in [2.05, 4.69) is 0 Å². The molecule has 0 spiro atoms. The number of amides is 1. The lowest BCUT2D eigenvalue weighted by Crippen LogP contribution is -2.52. The molecule has 0 aromatic heterocycles. The first-order chi connectivity index (χ1) is 8.16. The second kappa shape index (κ2) is 5.16. The van der Waals surface area contributed by atoms with Gasteiger partial charge >= 0.3 is 12.1 Å². The summed E-state index contributed by atoms with van der Waals surface area (Å²) in [7, 11) is 0. The fourth-order valence-corrected chi connectivity index (χ4v) is 2.17. The van der Waals surface area contributed by atoms with Crippen LogP contribution in [-0.4, -0.2) is 40.6 Å². The van der Waals surface area contributed by atoms with Crippen molar-refractivity contribution in [3.63, 3.8) is 0 Å². The number of carboxylic acids is 1. The Kier molecular flexibility index (Phi) is 4.24. The number of nitrogens with zero attached hydrogens (tertiary/aromatic N) is 1. The number of piperidine rings is 1. The Morgan fingerprint density at radius 2 is 1.94 bits per heavy atom. The second-order valence-corrected chi connectivity index (χ2v) is 4.62. The number of carbonyl (C=O) groups excluding carboxylic acids is 1. The molecule has 0 aliphatic carbocycles. The number of carbonyl (C=O) groups is 2. The van der Waals surface area contributed by atoms with Crippen LogP contribution in [0.2, 0.25) is 0 Å². The summed E-state index contributed by atoms with van der Waals surface area (Å²) in [6.45, 7) is 2.47. The lowest BCUT2D eigenvalue weighted by atomic mass is 9.89. The normalized spacial score (nSPS) is 26.8. The van der Waals surface area contributed by atoms with Crippen molar-refractivity contribution >= 4 is 11.9 Å². The minimum atomic E-state index is -4.59. The molecule has 1 aliphatic rings. The molecule has 1 unspecified atom stereocenters. The molecule has 104 valence electrons. The van der Waals surface area contributed by atoms with Gasteiger partial charge < -0.3 is 10.0 Å². The predicted octanol–water partition coefficient (Wildman–Crippen LogP) is 1.90. The van der Waals surface area contributed by atoms with Crippen molar-refractivity contribution in [3.8, 4) is 0 Å². The van der Waals surface area contributed by atoms with Gasteiger partial charge in [0.1, 0.15) is 5.92 Å². The number of rotatable bonds is 2. The van der Waals surface area contributed by atoms with Gasteiger partial charge in [0.05, 0.1) is 5.92 Å². The van der Waals surface area contributed by atoms with Gasteiger partial charge in [-0.25, -0.2) is 0 Å². The van der Waals surface area contributed by atoms with Crippen molar-refractivity contribution in [2.75, 3.05) is 6.54 Å². The maximum atomic E-state index is 12.5. The number of halogens is 3. The molecule has 0 saturated carbocycles. The highest BCUT2D eigenvalue weighted by molar-refractivity contribution is 5.81. The fraction of sp³-hybridized carbons (Fsp3) is 0.818. The number of hydrogen-bond acceptors (Lipinski definition) is 2. The van der Waals surface area contributed by atoms with E-state index in [1.807, 2.05) is 0 Å².